The number of ether oxygens (including phenoxy) is 2. The first kappa shape index (κ1) is 19.2. The zero-order chi connectivity index (χ0) is 20.5. The summed E-state index contributed by atoms with van der Waals surface area (Å²) in [6.07, 6.45) is 4.49. The van der Waals surface area contributed by atoms with Gasteiger partial charge in [-0.1, -0.05) is 12.1 Å². The number of rotatable bonds is 6. The maximum Gasteiger partial charge on any atom is 0.259 e. The molecule has 4 rings (SSSR count). The van der Waals surface area contributed by atoms with Gasteiger partial charge in [0.2, 0.25) is 0 Å². The van der Waals surface area contributed by atoms with Crippen LogP contribution in [0.5, 0.6) is 11.5 Å². The van der Waals surface area contributed by atoms with Crippen LogP contribution in [0.4, 0.5) is 0 Å². The molecule has 0 amide bonds. The molecule has 0 aliphatic heterocycles. The van der Waals surface area contributed by atoms with Gasteiger partial charge in [0, 0.05) is 40.5 Å². The largest absolute Gasteiger partial charge is 0.493 e. The molecule has 0 saturated heterocycles. The summed E-state index contributed by atoms with van der Waals surface area (Å²) >= 11 is 0. The average molecular weight is 391 g/mol. The molecule has 150 valence electrons. The summed E-state index contributed by atoms with van der Waals surface area (Å²) < 4.78 is 12.8. The minimum Gasteiger partial charge on any atom is -0.493 e. The molecule has 0 fully saturated rings. The monoisotopic (exact) mass is 391 g/mol. The Hall–Kier alpha value is -3.12. The van der Waals surface area contributed by atoms with Crippen LogP contribution in [0.15, 0.2) is 47.5 Å². The zero-order valence-electron chi connectivity index (χ0n) is 17.2. The summed E-state index contributed by atoms with van der Waals surface area (Å²) in [6, 6.07) is 9.78. The Morgan fingerprint density at radius 2 is 1.69 bits per heavy atom. The molecule has 0 bridgehead atoms. The molecular weight excluding hydrogens is 366 g/mol. The SMILES string of the molecule is COc1cc2c(=O)n(CCCN(C)C)c3c4ccncc4ccc3c2cc1OC. The molecule has 2 heterocycles. The van der Waals surface area contributed by atoms with E-state index in [2.05, 4.69) is 22.0 Å². The number of hydrogen-bond acceptors (Lipinski definition) is 5. The third-order valence-electron chi connectivity index (χ3n) is 5.34. The summed E-state index contributed by atoms with van der Waals surface area (Å²) in [6.45, 7) is 1.55. The van der Waals surface area contributed by atoms with E-state index in [9.17, 15) is 4.79 Å². The van der Waals surface area contributed by atoms with E-state index in [1.807, 2.05) is 37.0 Å². The lowest BCUT2D eigenvalue weighted by Gasteiger charge is -2.18. The summed E-state index contributed by atoms with van der Waals surface area (Å²) in [5.41, 5.74) is 0.921. The highest BCUT2D eigenvalue weighted by Crippen LogP contribution is 2.36. The molecule has 6 heteroatoms. The van der Waals surface area contributed by atoms with Crippen molar-refractivity contribution in [3.8, 4) is 11.5 Å². The molecule has 4 aromatic rings. The van der Waals surface area contributed by atoms with E-state index in [1.54, 1.807) is 26.5 Å². The summed E-state index contributed by atoms with van der Waals surface area (Å²) in [5, 5.41) is 4.56. The fraction of sp³-hybridized carbons (Fsp3) is 0.304. The minimum absolute atomic E-state index is 0.0171. The molecule has 0 atom stereocenters. The first-order chi connectivity index (χ1) is 14.0. The molecule has 0 spiro atoms. The van der Waals surface area contributed by atoms with Gasteiger partial charge in [0.15, 0.2) is 11.5 Å². The van der Waals surface area contributed by atoms with E-state index in [-0.39, 0.29) is 5.56 Å². The normalized spacial score (nSPS) is 11.6. The van der Waals surface area contributed by atoms with E-state index in [0.29, 0.717) is 23.4 Å². The van der Waals surface area contributed by atoms with Crippen LogP contribution in [-0.4, -0.2) is 49.3 Å². The summed E-state index contributed by atoms with van der Waals surface area (Å²) in [4.78, 5) is 19.9. The van der Waals surface area contributed by atoms with Crippen molar-refractivity contribution in [1.29, 1.82) is 0 Å². The van der Waals surface area contributed by atoms with Crippen LogP contribution in [0.3, 0.4) is 0 Å². The molecule has 2 aromatic carbocycles. The molecule has 29 heavy (non-hydrogen) atoms. The van der Waals surface area contributed by atoms with Gasteiger partial charge in [-0.05, 0) is 45.3 Å². The third kappa shape index (κ3) is 3.29. The highest BCUT2D eigenvalue weighted by atomic mass is 16.5. The number of aromatic nitrogens is 2. The van der Waals surface area contributed by atoms with Crippen molar-refractivity contribution in [3.63, 3.8) is 0 Å². The van der Waals surface area contributed by atoms with Gasteiger partial charge in [-0.25, -0.2) is 0 Å². The highest BCUT2D eigenvalue weighted by Gasteiger charge is 2.17. The molecule has 0 unspecified atom stereocenters. The van der Waals surface area contributed by atoms with Gasteiger partial charge in [0.05, 0.1) is 25.1 Å². The highest BCUT2D eigenvalue weighted by molar-refractivity contribution is 6.15. The molecule has 0 N–H and O–H groups in total. The molecule has 2 aromatic heterocycles. The van der Waals surface area contributed by atoms with Crippen LogP contribution in [0.2, 0.25) is 0 Å². The maximum absolute atomic E-state index is 13.6. The van der Waals surface area contributed by atoms with Crippen LogP contribution >= 0.6 is 0 Å². The van der Waals surface area contributed by atoms with E-state index >= 15 is 0 Å². The second-order valence-electron chi connectivity index (χ2n) is 7.42. The van der Waals surface area contributed by atoms with Crippen molar-refractivity contribution < 1.29 is 9.47 Å². The Kier molecular flexibility index (Phi) is 5.11. The minimum atomic E-state index is -0.0171. The van der Waals surface area contributed by atoms with Crippen molar-refractivity contribution in [1.82, 2.24) is 14.5 Å². The number of methoxy groups -OCH3 is 2. The predicted octanol–water partition coefficient (Wildman–Crippen LogP) is 3.67. The van der Waals surface area contributed by atoms with Crippen molar-refractivity contribution in [3.05, 3.63) is 53.1 Å². The van der Waals surface area contributed by atoms with Crippen LogP contribution in [0.25, 0.3) is 32.4 Å². The predicted molar refractivity (Wildman–Crippen MR) is 117 cm³/mol. The summed E-state index contributed by atoms with van der Waals surface area (Å²) in [5.74, 6) is 1.17. The fourth-order valence-corrected chi connectivity index (χ4v) is 3.94. The van der Waals surface area contributed by atoms with E-state index in [1.165, 1.54) is 0 Å². The standard InChI is InChI=1S/C23H25N3O3/c1-25(2)10-5-11-26-22-16-8-9-24-14-15(16)6-7-17(22)18-12-20(28-3)21(29-4)13-19(18)23(26)27/h6-9,12-14H,5,10-11H2,1-4H3. The zero-order valence-corrected chi connectivity index (χ0v) is 17.2. The Labute approximate surface area is 169 Å². The van der Waals surface area contributed by atoms with Gasteiger partial charge in [0.1, 0.15) is 0 Å². The van der Waals surface area contributed by atoms with Crippen molar-refractivity contribution in [2.75, 3.05) is 34.9 Å². The van der Waals surface area contributed by atoms with Gasteiger partial charge in [-0.15, -0.1) is 0 Å². The van der Waals surface area contributed by atoms with Gasteiger partial charge in [-0.3, -0.25) is 9.78 Å². The van der Waals surface area contributed by atoms with E-state index in [4.69, 9.17) is 9.47 Å². The lowest BCUT2D eigenvalue weighted by molar-refractivity contribution is 0.356. The van der Waals surface area contributed by atoms with Gasteiger partial charge >= 0.3 is 0 Å². The third-order valence-corrected chi connectivity index (χ3v) is 5.34. The van der Waals surface area contributed by atoms with Crippen molar-refractivity contribution in [2.24, 2.45) is 0 Å². The van der Waals surface area contributed by atoms with Gasteiger partial charge < -0.3 is 18.9 Å². The van der Waals surface area contributed by atoms with Crippen LogP contribution < -0.4 is 15.0 Å². The smallest absolute Gasteiger partial charge is 0.259 e. The first-order valence-electron chi connectivity index (χ1n) is 9.65. The topological polar surface area (TPSA) is 56.6 Å². The Balaban J connectivity index is 2.11. The molecule has 0 saturated carbocycles. The Bertz CT molecular complexity index is 1260. The number of nitrogens with zero attached hydrogens (tertiary/aromatic N) is 3. The molecule has 0 aliphatic rings. The number of benzene rings is 2. The first-order valence-corrected chi connectivity index (χ1v) is 9.65. The van der Waals surface area contributed by atoms with Crippen LogP contribution in [0.1, 0.15) is 6.42 Å². The average Bonchev–Trinajstić information content (AvgIpc) is 2.74. The molecular formula is C23H25N3O3. The molecule has 6 nitrogen and oxygen atoms in total. The second-order valence-corrected chi connectivity index (χ2v) is 7.42. The Morgan fingerprint density at radius 3 is 2.38 bits per heavy atom. The van der Waals surface area contributed by atoms with Crippen LogP contribution in [0, 0.1) is 0 Å². The quantitative estimate of drug-likeness (QED) is 0.470. The fourth-order valence-electron chi connectivity index (χ4n) is 3.94. The van der Waals surface area contributed by atoms with Crippen molar-refractivity contribution >= 4 is 32.4 Å². The lowest BCUT2D eigenvalue weighted by atomic mass is 10.0. The van der Waals surface area contributed by atoms with Crippen LogP contribution in [-0.2, 0) is 6.54 Å². The number of fused-ring (bicyclic) bond motifs is 5. The lowest BCUT2D eigenvalue weighted by Crippen LogP contribution is -2.24. The number of aryl methyl sites for hydroxylation is 1. The van der Waals surface area contributed by atoms with E-state index < -0.39 is 0 Å². The van der Waals surface area contributed by atoms with Gasteiger partial charge in [0.25, 0.3) is 5.56 Å². The maximum atomic E-state index is 13.6. The van der Waals surface area contributed by atoms with E-state index in [0.717, 1.165) is 40.0 Å². The second kappa shape index (κ2) is 7.72. The van der Waals surface area contributed by atoms with Crippen molar-refractivity contribution in [2.45, 2.75) is 13.0 Å². The summed E-state index contributed by atoms with van der Waals surface area (Å²) in [7, 11) is 7.27. The van der Waals surface area contributed by atoms with Gasteiger partial charge in [-0.2, -0.15) is 0 Å². The molecule has 0 aliphatic carbocycles. The number of hydrogen-bond donors (Lipinski definition) is 0. The molecule has 0 radical (unpaired) electrons. The Morgan fingerprint density at radius 1 is 0.966 bits per heavy atom. The number of pyridine rings is 2.